The van der Waals surface area contributed by atoms with Crippen molar-refractivity contribution in [2.45, 2.75) is 32.4 Å². The molecule has 3 aromatic rings. The van der Waals surface area contributed by atoms with Crippen LogP contribution in [0.1, 0.15) is 47.3 Å². The van der Waals surface area contributed by atoms with Crippen LogP contribution in [0.15, 0.2) is 84.9 Å². The Morgan fingerprint density at radius 3 is 2.28 bits per heavy atom. The molecule has 3 aromatic carbocycles. The predicted molar refractivity (Wildman–Crippen MR) is 119 cm³/mol. The highest BCUT2D eigenvalue weighted by atomic mass is 19.1. The number of allylic oxidation sites excluding steroid dienone is 2. The molecule has 0 radical (unpaired) electrons. The van der Waals surface area contributed by atoms with Crippen molar-refractivity contribution in [2.75, 3.05) is 0 Å². The largest absolute Gasteiger partial charge is 0.242 e. The van der Waals surface area contributed by atoms with E-state index >= 15 is 0 Å². The highest BCUT2D eigenvalue weighted by Crippen LogP contribution is 2.24. The van der Waals surface area contributed by atoms with Crippen LogP contribution < -0.4 is 0 Å². The van der Waals surface area contributed by atoms with Crippen molar-refractivity contribution >= 4 is 12.2 Å². The van der Waals surface area contributed by atoms with Gasteiger partial charge in [-0.05, 0) is 48.1 Å². The first-order valence-corrected chi connectivity index (χ1v) is 10.0. The minimum absolute atomic E-state index is 0.166. The van der Waals surface area contributed by atoms with Gasteiger partial charge in [0.2, 0.25) is 0 Å². The summed E-state index contributed by atoms with van der Waals surface area (Å²) in [6, 6.07) is 22.2. The van der Waals surface area contributed by atoms with Crippen molar-refractivity contribution in [3.05, 3.63) is 119 Å². The summed E-state index contributed by atoms with van der Waals surface area (Å²) in [6.07, 6.45) is 8.96. The second kappa shape index (κ2) is 10.5. The molecule has 0 nitrogen and oxygen atoms in total. The van der Waals surface area contributed by atoms with Gasteiger partial charge in [-0.15, -0.1) is 0 Å². The lowest BCUT2D eigenvalue weighted by molar-refractivity contribution is 0.342. The molecule has 2 heteroatoms. The van der Waals surface area contributed by atoms with Gasteiger partial charge in [-0.2, -0.15) is 0 Å². The van der Waals surface area contributed by atoms with Crippen LogP contribution in [-0.2, 0) is 12.8 Å². The Labute approximate surface area is 172 Å². The average molecular weight is 389 g/mol. The fourth-order valence-corrected chi connectivity index (χ4v) is 3.22. The quantitative estimate of drug-likeness (QED) is 0.273. The number of halogens is 2. The summed E-state index contributed by atoms with van der Waals surface area (Å²) >= 11 is 0. The molecule has 0 aliphatic rings. The van der Waals surface area contributed by atoms with Crippen LogP contribution in [0.4, 0.5) is 8.78 Å². The molecule has 0 aliphatic heterocycles. The van der Waals surface area contributed by atoms with Gasteiger partial charge >= 0.3 is 0 Å². The van der Waals surface area contributed by atoms with Crippen LogP contribution in [0.3, 0.4) is 0 Å². The van der Waals surface area contributed by atoms with E-state index in [9.17, 15) is 8.78 Å². The Balaban J connectivity index is 1.62. The highest BCUT2D eigenvalue weighted by Gasteiger charge is 2.11. The van der Waals surface area contributed by atoms with E-state index in [1.54, 1.807) is 30.3 Å². The SMILES string of the molecule is C/C=C/CCc1ccc(C=Cc2ccc(C[C@H](F)c3ccccc3)cc2F)cc1. The molecule has 0 aromatic heterocycles. The molecule has 0 N–H and O–H groups in total. The predicted octanol–water partition coefficient (Wildman–Crippen LogP) is 7.76. The minimum atomic E-state index is -1.14. The number of aryl methyl sites for hydroxylation is 1. The second-order valence-electron chi connectivity index (χ2n) is 7.12. The molecule has 0 spiro atoms. The number of alkyl halides is 1. The van der Waals surface area contributed by atoms with Crippen molar-refractivity contribution in [2.24, 2.45) is 0 Å². The molecule has 0 fully saturated rings. The Bertz CT molecular complexity index is 954. The lowest BCUT2D eigenvalue weighted by Crippen LogP contribution is -1.98. The van der Waals surface area contributed by atoms with Crippen LogP contribution in [0.25, 0.3) is 12.2 Å². The average Bonchev–Trinajstić information content (AvgIpc) is 2.75. The summed E-state index contributed by atoms with van der Waals surface area (Å²) in [7, 11) is 0. The van der Waals surface area contributed by atoms with E-state index in [1.165, 1.54) is 11.6 Å². The first kappa shape index (κ1) is 20.7. The van der Waals surface area contributed by atoms with Gasteiger partial charge in [0.25, 0.3) is 0 Å². The monoisotopic (exact) mass is 388 g/mol. The maximum atomic E-state index is 14.5. The first-order chi connectivity index (χ1) is 14.2. The van der Waals surface area contributed by atoms with Crippen LogP contribution in [0.5, 0.6) is 0 Å². The number of rotatable bonds is 8. The third kappa shape index (κ3) is 6.25. The van der Waals surface area contributed by atoms with E-state index in [4.69, 9.17) is 0 Å². The summed E-state index contributed by atoms with van der Waals surface area (Å²) in [5.41, 5.74) is 4.08. The summed E-state index contributed by atoms with van der Waals surface area (Å²) in [6.45, 7) is 2.03. The second-order valence-corrected chi connectivity index (χ2v) is 7.12. The van der Waals surface area contributed by atoms with Crippen molar-refractivity contribution in [1.29, 1.82) is 0 Å². The molecule has 0 aliphatic carbocycles. The zero-order valence-electron chi connectivity index (χ0n) is 16.7. The lowest BCUT2D eigenvalue weighted by Gasteiger charge is -2.09. The Morgan fingerprint density at radius 2 is 1.59 bits per heavy atom. The van der Waals surface area contributed by atoms with Crippen molar-refractivity contribution in [3.8, 4) is 0 Å². The highest BCUT2D eigenvalue weighted by molar-refractivity contribution is 5.70. The molecule has 0 saturated carbocycles. The van der Waals surface area contributed by atoms with E-state index in [-0.39, 0.29) is 12.2 Å². The maximum absolute atomic E-state index is 14.5. The van der Waals surface area contributed by atoms with Gasteiger partial charge in [0.1, 0.15) is 12.0 Å². The molecular weight excluding hydrogens is 362 g/mol. The molecule has 0 bridgehead atoms. The number of hydrogen-bond acceptors (Lipinski definition) is 0. The third-order valence-corrected chi connectivity index (χ3v) is 4.91. The summed E-state index contributed by atoms with van der Waals surface area (Å²) in [5.74, 6) is -0.331. The van der Waals surface area contributed by atoms with Crippen LogP contribution in [0.2, 0.25) is 0 Å². The Morgan fingerprint density at radius 1 is 0.862 bits per heavy atom. The zero-order chi connectivity index (χ0) is 20.5. The van der Waals surface area contributed by atoms with E-state index < -0.39 is 6.17 Å². The van der Waals surface area contributed by atoms with Gasteiger partial charge in [-0.25, -0.2) is 8.78 Å². The summed E-state index contributed by atoms with van der Waals surface area (Å²) in [5, 5.41) is 0. The maximum Gasteiger partial charge on any atom is 0.130 e. The van der Waals surface area contributed by atoms with Crippen LogP contribution in [0, 0.1) is 5.82 Å². The van der Waals surface area contributed by atoms with Gasteiger partial charge in [0, 0.05) is 12.0 Å². The molecule has 148 valence electrons. The van der Waals surface area contributed by atoms with Gasteiger partial charge in [0.05, 0.1) is 0 Å². The van der Waals surface area contributed by atoms with E-state index in [0.717, 1.165) is 18.4 Å². The third-order valence-electron chi connectivity index (χ3n) is 4.91. The van der Waals surface area contributed by atoms with E-state index in [2.05, 4.69) is 24.3 Å². The lowest BCUT2D eigenvalue weighted by atomic mass is 10.0. The van der Waals surface area contributed by atoms with Gasteiger partial charge < -0.3 is 0 Å². The van der Waals surface area contributed by atoms with Crippen molar-refractivity contribution in [3.63, 3.8) is 0 Å². The van der Waals surface area contributed by atoms with Crippen LogP contribution >= 0.6 is 0 Å². The number of hydrogen-bond donors (Lipinski definition) is 0. The van der Waals surface area contributed by atoms with E-state index in [1.807, 2.05) is 43.3 Å². The Kier molecular flexibility index (Phi) is 7.52. The molecule has 29 heavy (non-hydrogen) atoms. The molecular formula is C27H26F2. The smallest absolute Gasteiger partial charge is 0.130 e. The van der Waals surface area contributed by atoms with Gasteiger partial charge in [-0.3, -0.25) is 0 Å². The molecule has 3 rings (SSSR count). The number of benzene rings is 3. The topological polar surface area (TPSA) is 0 Å². The zero-order valence-corrected chi connectivity index (χ0v) is 16.7. The van der Waals surface area contributed by atoms with Gasteiger partial charge in [-0.1, -0.05) is 91.0 Å². The fraction of sp³-hybridized carbons (Fsp3) is 0.185. The van der Waals surface area contributed by atoms with Crippen LogP contribution in [-0.4, -0.2) is 0 Å². The van der Waals surface area contributed by atoms with Gasteiger partial charge in [0.15, 0.2) is 0 Å². The molecule has 0 heterocycles. The summed E-state index contributed by atoms with van der Waals surface area (Å²) in [4.78, 5) is 0. The normalized spacial score (nSPS) is 12.7. The van der Waals surface area contributed by atoms with E-state index in [0.29, 0.717) is 16.7 Å². The molecule has 0 saturated heterocycles. The Hall–Kier alpha value is -3.00. The fourth-order valence-electron chi connectivity index (χ4n) is 3.22. The van der Waals surface area contributed by atoms with Crippen molar-refractivity contribution < 1.29 is 8.78 Å². The standard InChI is InChI=1S/C27H26F2/c1-2-3-5-8-21-11-13-22(14-12-21)15-17-25-18-16-23(20-27(25)29)19-26(28)24-9-6-4-7-10-24/h2-4,6-7,9-18,20,26H,5,8,19H2,1H3/b3-2+,17-15?/t26-/m0/s1. The molecule has 1 atom stereocenters. The molecule has 0 unspecified atom stereocenters. The summed E-state index contributed by atoms with van der Waals surface area (Å²) < 4.78 is 28.9. The molecule has 0 amide bonds. The minimum Gasteiger partial charge on any atom is -0.242 e. The first-order valence-electron chi connectivity index (χ1n) is 10.0. The van der Waals surface area contributed by atoms with Crippen molar-refractivity contribution in [1.82, 2.24) is 0 Å².